The van der Waals surface area contributed by atoms with Gasteiger partial charge >= 0.3 is 0 Å². The summed E-state index contributed by atoms with van der Waals surface area (Å²) < 4.78 is 0. The van der Waals surface area contributed by atoms with E-state index in [0.29, 0.717) is 12.3 Å². The van der Waals surface area contributed by atoms with Crippen LogP contribution in [-0.2, 0) is 0 Å². The summed E-state index contributed by atoms with van der Waals surface area (Å²) in [6.45, 7) is 4.15. The Bertz CT molecular complexity index is 461. The molecule has 0 bridgehead atoms. The number of unbranched alkanes of at least 4 members (excludes halogenated alkanes) is 1. The van der Waals surface area contributed by atoms with Crippen molar-refractivity contribution >= 4 is 5.78 Å². The monoisotopic (exact) mass is 284 g/mol. The molecule has 0 unspecified atom stereocenters. The number of rotatable bonds is 6. The molecule has 1 saturated carbocycles. The number of carbonyl (C=O) groups is 1. The fourth-order valence-corrected chi connectivity index (χ4v) is 3.25. The standard InChI is InChI=1S/C20H28O/c1-3-5-6-7-16-8-10-17(11-9-16)18-12-14-19(15-13-18)20(21)4-2/h6-7,12-17H,3-5,8-11H2,1-2H3/t16-,17-. The maximum absolute atomic E-state index is 11.7. The van der Waals surface area contributed by atoms with Gasteiger partial charge in [-0.1, -0.05) is 56.7 Å². The summed E-state index contributed by atoms with van der Waals surface area (Å²) in [6, 6.07) is 8.35. The summed E-state index contributed by atoms with van der Waals surface area (Å²) in [5.74, 6) is 1.71. The quantitative estimate of drug-likeness (QED) is 0.469. The predicted octanol–water partition coefficient (Wildman–Crippen LogP) is 5.91. The molecule has 1 aliphatic rings. The average molecular weight is 284 g/mol. The first kappa shape index (κ1) is 16.0. The number of benzene rings is 1. The third-order valence-corrected chi connectivity index (χ3v) is 4.66. The van der Waals surface area contributed by atoms with Crippen molar-refractivity contribution in [3.05, 3.63) is 47.5 Å². The van der Waals surface area contributed by atoms with Crippen LogP contribution in [0, 0.1) is 5.92 Å². The number of hydrogen-bond donors (Lipinski definition) is 0. The molecular formula is C20H28O. The number of ketones is 1. The zero-order chi connectivity index (χ0) is 15.1. The van der Waals surface area contributed by atoms with Gasteiger partial charge in [-0.15, -0.1) is 0 Å². The summed E-state index contributed by atoms with van der Waals surface area (Å²) in [7, 11) is 0. The Kier molecular flexibility index (Phi) is 6.22. The molecule has 21 heavy (non-hydrogen) atoms. The lowest BCUT2D eigenvalue weighted by atomic mass is 9.78. The minimum atomic E-state index is 0.242. The van der Waals surface area contributed by atoms with Gasteiger partial charge in [-0.25, -0.2) is 0 Å². The molecule has 0 aliphatic heterocycles. The molecular weight excluding hydrogens is 256 g/mol. The molecule has 0 amide bonds. The van der Waals surface area contributed by atoms with Crippen LogP contribution in [0.1, 0.15) is 80.6 Å². The van der Waals surface area contributed by atoms with Gasteiger partial charge in [0.05, 0.1) is 0 Å². The molecule has 0 radical (unpaired) electrons. The van der Waals surface area contributed by atoms with Crippen LogP contribution in [0.4, 0.5) is 0 Å². The minimum absolute atomic E-state index is 0.242. The second-order valence-electron chi connectivity index (χ2n) is 6.23. The highest BCUT2D eigenvalue weighted by atomic mass is 16.1. The van der Waals surface area contributed by atoms with Crippen molar-refractivity contribution in [2.75, 3.05) is 0 Å². The van der Waals surface area contributed by atoms with E-state index in [0.717, 1.165) is 11.5 Å². The van der Waals surface area contributed by atoms with E-state index < -0.39 is 0 Å². The van der Waals surface area contributed by atoms with Crippen molar-refractivity contribution < 1.29 is 4.79 Å². The first-order valence-electron chi connectivity index (χ1n) is 8.54. The van der Waals surface area contributed by atoms with Crippen molar-refractivity contribution in [3.8, 4) is 0 Å². The van der Waals surface area contributed by atoms with E-state index in [4.69, 9.17) is 0 Å². The Morgan fingerprint density at radius 2 is 1.76 bits per heavy atom. The number of carbonyl (C=O) groups excluding carboxylic acids is 1. The van der Waals surface area contributed by atoms with Crippen molar-refractivity contribution in [2.24, 2.45) is 5.92 Å². The highest BCUT2D eigenvalue weighted by molar-refractivity contribution is 5.95. The van der Waals surface area contributed by atoms with Gasteiger partial charge in [0.2, 0.25) is 0 Å². The van der Waals surface area contributed by atoms with Gasteiger partial charge in [0.25, 0.3) is 0 Å². The van der Waals surface area contributed by atoms with Crippen LogP contribution in [0.15, 0.2) is 36.4 Å². The largest absolute Gasteiger partial charge is 0.294 e. The highest BCUT2D eigenvalue weighted by Crippen LogP contribution is 2.36. The molecule has 0 spiro atoms. The molecule has 0 heterocycles. The molecule has 1 nitrogen and oxygen atoms in total. The Morgan fingerprint density at radius 1 is 1.10 bits per heavy atom. The van der Waals surface area contributed by atoms with Crippen LogP contribution in [0.5, 0.6) is 0 Å². The zero-order valence-electron chi connectivity index (χ0n) is 13.5. The summed E-state index contributed by atoms with van der Waals surface area (Å²) in [5, 5.41) is 0. The molecule has 1 aliphatic carbocycles. The topological polar surface area (TPSA) is 17.1 Å². The van der Waals surface area contributed by atoms with Gasteiger partial charge in [-0.3, -0.25) is 4.79 Å². The SMILES string of the molecule is CCCC=C[C@H]1CC[C@H](c2ccc(C(=O)CC)cc2)CC1. The molecule has 2 rings (SSSR count). The van der Waals surface area contributed by atoms with Crippen LogP contribution in [-0.4, -0.2) is 5.78 Å². The molecule has 0 aromatic heterocycles. The molecule has 1 aromatic rings. The van der Waals surface area contributed by atoms with Crippen molar-refractivity contribution in [2.45, 2.75) is 64.7 Å². The van der Waals surface area contributed by atoms with Gasteiger partial charge in [0, 0.05) is 12.0 Å². The Balaban J connectivity index is 1.88. The molecule has 1 fully saturated rings. The van der Waals surface area contributed by atoms with Gasteiger partial charge in [0.1, 0.15) is 0 Å². The number of hydrogen-bond acceptors (Lipinski definition) is 1. The molecule has 0 saturated heterocycles. The van der Waals surface area contributed by atoms with Crippen molar-refractivity contribution in [1.29, 1.82) is 0 Å². The molecule has 1 heteroatoms. The van der Waals surface area contributed by atoms with E-state index in [1.54, 1.807) is 0 Å². The smallest absolute Gasteiger partial charge is 0.162 e. The third-order valence-electron chi connectivity index (χ3n) is 4.66. The number of allylic oxidation sites excluding steroid dienone is 2. The summed E-state index contributed by atoms with van der Waals surface area (Å²) in [5.41, 5.74) is 2.27. The van der Waals surface area contributed by atoms with Gasteiger partial charge in [-0.05, 0) is 49.5 Å². The first-order valence-corrected chi connectivity index (χ1v) is 8.54. The highest BCUT2D eigenvalue weighted by Gasteiger charge is 2.20. The lowest BCUT2D eigenvalue weighted by molar-refractivity contribution is 0.0988. The lowest BCUT2D eigenvalue weighted by Gasteiger charge is -2.27. The average Bonchev–Trinajstić information content (AvgIpc) is 2.55. The normalized spacial score (nSPS) is 22.6. The van der Waals surface area contributed by atoms with E-state index in [2.05, 4.69) is 31.2 Å². The van der Waals surface area contributed by atoms with Gasteiger partial charge in [0.15, 0.2) is 5.78 Å². The number of Topliss-reactive ketones (excluding diaryl/α,β-unsaturated/α-hetero) is 1. The second-order valence-corrected chi connectivity index (χ2v) is 6.23. The van der Waals surface area contributed by atoms with E-state index in [9.17, 15) is 4.79 Å². The molecule has 114 valence electrons. The maximum atomic E-state index is 11.7. The van der Waals surface area contributed by atoms with Crippen LogP contribution in [0.2, 0.25) is 0 Å². The fourth-order valence-electron chi connectivity index (χ4n) is 3.25. The first-order chi connectivity index (χ1) is 10.2. The van der Waals surface area contributed by atoms with Crippen molar-refractivity contribution in [1.82, 2.24) is 0 Å². The predicted molar refractivity (Wildman–Crippen MR) is 89.8 cm³/mol. The summed E-state index contributed by atoms with van der Waals surface area (Å²) in [4.78, 5) is 11.7. The van der Waals surface area contributed by atoms with Crippen molar-refractivity contribution in [3.63, 3.8) is 0 Å². The maximum Gasteiger partial charge on any atom is 0.162 e. The Morgan fingerprint density at radius 3 is 2.33 bits per heavy atom. The van der Waals surface area contributed by atoms with E-state index >= 15 is 0 Å². The van der Waals surface area contributed by atoms with E-state index in [1.165, 1.54) is 44.1 Å². The fraction of sp³-hybridized carbons (Fsp3) is 0.550. The molecule has 1 aromatic carbocycles. The molecule has 0 atom stereocenters. The lowest BCUT2D eigenvalue weighted by Crippen LogP contribution is -2.12. The minimum Gasteiger partial charge on any atom is -0.294 e. The van der Waals surface area contributed by atoms with Crippen LogP contribution < -0.4 is 0 Å². The summed E-state index contributed by atoms with van der Waals surface area (Å²) >= 11 is 0. The third kappa shape index (κ3) is 4.56. The van der Waals surface area contributed by atoms with Crippen LogP contribution in [0.25, 0.3) is 0 Å². The summed E-state index contributed by atoms with van der Waals surface area (Å²) in [6.07, 6.45) is 13.0. The van der Waals surface area contributed by atoms with Gasteiger partial charge in [-0.2, -0.15) is 0 Å². The molecule has 0 N–H and O–H groups in total. The van der Waals surface area contributed by atoms with Crippen LogP contribution in [0.3, 0.4) is 0 Å². The Labute approximate surface area is 129 Å². The van der Waals surface area contributed by atoms with E-state index in [-0.39, 0.29) is 5.78 Å². The van der Waals surface area contributed by atoms with Crippen LogP contribution >= 0.6 is 0 Å². The second kappa shape index (κ2) is 8.17. The Hall–Kier alpha value is -1.37. The zero-order valence-corrected chi connectivity index (χ0v) is 13.5. The van der Waals surface area contributed by atoms with Gasteiger partial charge < -0.3 is 0 Å². The van der Waals surface area contributed by atoms with E-state index in [1.807, 2.05) is 19.1 Å².